The Morgan fingerprint density at radius 3 is 2.22 bits per heavy atom. The molecule has 6 heteroatoms. The minimum absolute atomic E-state index is 0.0641. The number of anilines is 1. The maximum absolute atomic E-state index is 13.4. The van der Waals surface area contributed by atoms with Gasteiger partial charge >= 0.3 is 0 Å². The molecule has 0 aliphatic carbocycles. The van der Waals surface area contributed by atoms with Crippen LogP contribution in [0.25, 0.3) is 0 Å². The van der Waals surface area contributed by atoms with Crippen LogP contribution in [-0.2, 0) is 10.0 Å². The summed E-state index contributed by atoms with van der Waals surface area (Å²) in [4.78, 5) is 13.4. The number of hydrogen-bond acceptors (Lipinski definition) is 3. The summed E-state index contributed by atoms with van der Waals surface area (Å²) in [6.07, 6.45) is 0. The van der Waals surface area contributed by atoms with Crippen LogP contribution < -0.4 is 4.31 Å². The van der Waals surface area contributed by atoms with E-state index in [2.05, 4.69) is 15.9 Å². The van der Waals surface area contributed by atoms with Gasteiger partial charge in [-0.1, -0.05) is 52.3 Å². The second-order valence-electron chi connectivity index (χ2n) is 6.12. The molecule has 0 saturated carbocycles. The number of hydrogen-bond donors (Lipinski definition) is 0. The number of carbonyl (C=O) groups is 1. The molecule has 0 heterocycles. The van der Waals surface area contributed by atoms with E-state index in [4.69, 9.17) is 0 Å². The molecule has 0 aliphatic rings. The summed E-state index contributed by atoms with van der Waals surface area (Å²) in [5.41, 5.74) is 2.27. The van der Waals surface area contributed by atoms with E-state index in [0.29, 0.717) is 10.2 Å². The first-order valence-electron chi connectivity index (χ1n) is 8.29. The Morgan fingerprint density at radius 2 is 1.56 bits per heavy atom. The Morgan fingerprint density at radius 1 is 0.889 bits per heavy atom. The smallest absolute Gasteiger partial charge is 0.268 e. The van der Waals surface area contributed by atoms with Crippen LogP contribution in [-0.4, -0.2) is 14.3 Å². The van der Waals surface area contributed by atoms with E-state index in [-0.39, 0.29) is 10.5 Å². The summed E-state index contributed by atoms with van der Waals surface area (Å²) in [7, 11) is -4.09. The number of benzene rings is 3. The molecule has 3 rings (SSSR count). The molecule has 3 aromatic rings. The Labute approximate surface area is 167 Å². The molecule has 138 valence electrons. The number of halogens is 1. The van der Waals surface area contributed by atoms with Crippen LogP contribution in [0, 0.1) is 13.8 Å². The van der Waals surface area contributed by atoms with Gasteiger partial charge in [-0.25, -0.2) is 8.42 Å². The van der Waals surface area contributed by atoms with Crippen LogP contribution in [0.5, 0.6) is 0 Å². The van der Waals surface area contributed by atoms with Crippen molar-refractivity contribution in [3.8, 4) is 0 Å². The van der Waals surface area contributed by atoms with Gasteiger partial charge in [0.05, 0.1) is 10.6 Å². The minimum atomic E-state index is -4.09. The second-order valence-corrected chi connectivity index (χ2v) is 8.82. The summed E-state index contributed by atoms with van der Waals surface area (Å²) in [5.74, 6) is -0.603. The maximum Gasteiger partial charge on any atom is 0.272 e. The predicted molar refractivity (Wildman–Crippen MR) is 110 cm³/mol. The SMILES string of the molecule is Cc1cccc(N(C(=O)c2cccc(Br)c2)S(=O)(=O)c2ccccc2)c1C. The first kappa shape index (κ1) is 19.3. The van der Waals surface area contributed by atoms with E-state index in [0.717, 1.165) is 15.4 Å². The van der Waals surface area contributed by atoms with Crippen molar-refractivity contribution in [2.24, 2.45) is 0 Å². The minimum Gasteiger partial charge on any atom is -0.268 e. The first-order chi connectivity index (χ1) is 12.8. The fourth-order valence-corrected chi connectivity index (χ4v) is 4.63. The van der Waals surface area contributed by atoms with Crippen molar-refractivity contribution in [3.05, 3.63) is 94.0 Å². The van der Waals surface area contributed by atoms with Crippen molar-refractivity contribution in [3.63, 3.8) is 0 Å². The summed E-state index contributed by atoms with van der Waals surface area (Å²) < 4.78 is 28.4. The molecule has 0 radical (unpaired) electrons. The summed E-state index contributed by atoms with van der Waals surface area (Å²) in [6.45, 7) is 3.70. The molecule has 3 aromatic carbocycles. The maximum atomic E-state index is 13.4. The van der Waals surface area contributed by atoms with Crippen molar-refractivity contribution in [2.45, 2.75) is 18.7 Å². The van der Waals surface area contributed by atoms with Gasteiger partial charge in [0.25, 0.3) is 15.9 Å². The van der Waals surface area contributed by atoms with Gasteiger partial charge in [0.2, 0.25) is 0 Å². The first-order valence-corrected chi connectivity index (χ1v) is 10.5. The van der Waals surface area contributed by atoms with E-state index in [1.807, 2.05) is 19.9 Å². The van der Waals surface area contributed by atoms with E-state index in [1.54, 1.807) is 54.6 Å². The fraction of sp³-hybridized carbons (Fsp3) is 0.0952. The molecule has 0 unspecified atom stereocenters. The molecule has 0 fully saturated rings. The molecule has 0 aliphatic heterocycles. The number of amides is 1. The summed E-state index contributed by atoms with van der Waals surface area (Å²) in [5, 5.41) is 0. The van der Waals surface area contributed by atoms with Gasteiger partial charge < -0.3 is 0 Å². The zero-order valence-corrected chi connectivity index (χ0v) is 17.3. The fourth-order valence-electron chi connectivity index (χ4n) is 2.74. The van der Waals surface area contributed by atoms with Gasteiger partial charge in [-0.2, -0.15) is 4.31 Å². The summed E-state index contributed by atoms with van der Waals surface area (Å²) in [6, 6.07) is 20.0. The van der Waals surface area contributed by atoms with Gasteiger partial charge in [-0.3, -0.25) is 4.79 Å². The normalized spacial score (nSPS) is 11.2. The highest BCUT2D eigenvalue weighted by molar-refractivity contribution is 9.10. The van der Waals surface area contributed by atoms with Crippen LogP contribution in [0.2, 0.25) is 0 Å². The average Bonchev–Trinajstić information content (AvgIpc) is 2.66. The van der Waals surface area contributed by atoms with Gasteiger partial charge in [0.1, 0.15) is 0 Å². The Hall–Kier alpha value is -2.44. The highest BCUT2D eigenvalue weighted by atomic mass is 79.9. The van der Waals surface area contributed by atoms with Gasteiger partial charge in [-0.15, -0.1) is 0 Å². The lowest BCUT2D eigenvalue weighted by Crippen LogP contribution is -2.37. The number of sulfonamides is 1. The molecule has 1 amide bonds. The molecule has 0 aromatic heterocycles. The quantitative estimate of drug-likeness (QED) is 0.563. The lowest BCUT2D eigenvalue weighted by Gasteiger charge is -2.25. The molecule has 0 N–H and O–H groups in total. The van der Waals surface area contributed by atoms with E-state index in [1.165, 1.54) is 12.1 Å². The van der Waals surface area contributed by atoms with Crippen LogP contribution in [0.4, 0.5) is 5.69 Å². The zero-order valence-electron chi connectivity index (χ0n) is 14.9. The predicted octanol–water partition coefficient (Wildman–Crippen LogP) is 5.10. The lowest BCUT2D eigenvalue weighted by atomic mass is 10.1. The van der Waals surface area contributed by atoms with Crippen LogP contribution >= 0.6 is 15.9 Å². The number of nitrogens with zero attached hydrogens (tertiary/aromatic N) is 1. The largest absolute Gasteiger partial charge is 0.272 e. The van der Waals surface area contributed by atoms with Crippen molar-refractivity contribution in [1.82, 2.24) is 0 Å². The molecular weight excluding hydrogens is 426 g/mol. The van der Waals surface area contributed by atoms with Crippen molar-refractivity contribution < 1.29 is 13.2 Å². The molecule has 0 atom stereocenters. The van der Waals surface area contributed by atoms with Gasteiger partial charge in [0, 0.05) is 10.0 Å². The number of rotatable bonds is 4. The zero-order chi connectivity index (χ0) is 19.6. The topological polar surface area (TPSA) is 54.5 Å². The third-order valence-corrected chi connectivity index (χ3v) is 6.54. The molecule has 4 nitrogen and oxygen atoms in total. The van der Waals surface area contributed by atoms with Crippen molar-refractivity contribution >= 4 is 37.5 Å². The Kier molecular flexibility index (Phi) is 5.48. The van der Waals surface area contributed by atoms with Crippen molar-refractivity contribution in [1.29, 1.82) is 0 Å². The number of aryl methyl sites for hydroxylation is 1. The van der Waals surface area contributed by atoms with E-state index in [9.17, 15) is 13.2 Å². The summed E-state index contributed by atoms with van der Waals surface area (Å²) >= 11 is 3.34. The third kappa shape index (κ3) is 3.82. The molecule has 0 saturated heterocycles. The second kappa shape index (κ2) is 7.66. The van der Waals surface area contributed by atoms with Crippen LogP contribution in [0.1, 0.15) is 21.5 Å². The Balaban J connectivity index is 2.24. The molecule has 0 spiro atoms. The van der Waals surface area contributed by atoms with Crippen molar-refractivity contribution in [2.75, 3.05) is 4.31 Å². The highest BCUT2D eigenvalue weighted by Crippen LogP contribution is 2.30. The molecule has 27 heavy (non-hydrogen) atoms. The van der Waals surface area contributed by atoms with Gasteiger partial charge in [-0.05, 0) is 61.4 Å². The van der Waals surface area contributed by atoms with E-state index < -0.39 is 15.9 Å². The van der Waals surface area contributed by atoms with Crippen LogP contribution in [0.15, 0.2) is 82.2 Å². The third-order valence-electron chi connectivity index (χ3n) is 4.33. The van der Waals surface area contributed by atoms with Gasteiger partial charge in [0.15, 0.2) is 0 Å². The monoisotopic (exact) mass is 443 g/mol. The van der Waals surface area contributed by atoms with E-state index >= 15 is 0 Å². The molecular formula is C21H18BrNO3S. The number of carbonyl (C=O) groups excluding carboxylic acids is 1. The molecule has 0 bridgehead atoms. The van der Waals surface area contributed by atoms with Crippen LogP contribution in [0.3, 0.4) is 0 Å². The lowest BCUT2D eigenvalue weighted by molar-refractivity contribution is 0.100. The standard InChI is InChI=1S/C21H18BrNO3S/c1-15-8-6-13-20(16(15)2)23(21(24)17-9-7-10-18(22)14-17)27(25,26)19-11-4-3-5-12-19/h3-14H,1-2H3. The average molecular weight is 444 g/mol. The Bertz CT molecular complexity index is 1100. The highest BCUT2D eigenvalue weighted by Gasteiger charge is 2.33.